The van der Waals surface area contributed by atoms with Crippen molar-refractivity contribution >= 4 is 19.7 Å². The third-order valence-electron chi connectivity index (χ3n) is 1.66. The van der Waals surface area contributed by atoms with Crippen molar-refractivity contribution < 1.29 is 33.7 Å². The molecule has 0 aromatic carbocycles. The predicted molar refractivity (Wildman–Crippen MR) is 67.4 cm³/mol. The van der Waals surface area contributed by atoms with Crippen LogP contribution in [0.25, 0.3) is 0 Å². The number of hydrogen-bond acceptors (Lipinski definition) is 4. The van der Waals surface area contributed by atoms with Crippen molar-refractivity contribution in [2.24, 2.45) is 10.5 Å². The Bertz CT molecular complexity index is 339. The van der Waals surface area contributed by atoms with E-state index in [2.05, 4.69) is 14.2 Å². The first-order valence-corrected chi connectivity index (χ1v) is 6.49. The second-order valence-electron chi connectivity index (χ2n) is 3.26. The zero-order chi connectivity index (χ0) is 15.6. The summed E-state index contributed by atoms with van der Waals surface area (Å²) < 4.78 is 22.4. The average molecular weight is 301 g/mol. The van der Waals surface area contributed by atoms with Crippen LogP contribution in [0.15, 0.2) is 4.76 Å². The van der Waals surface area contributed by atoms with Crippen LogP contribution in [0.5, 0.6) is 0 Å². The van der Waals surface area contributed by atoms with Crippen LogP contribution < -0.4 is 5.73 Å². The van der Waals surface area contributed by atoms with Crippen molar-refractivity contribution in [1.29, 1.82) is 0 Å². The van der Waals surface area contributed by atoms with Gasteiger partial charge in [0.2, 0.25) is 5.96 Å². The Labute approximate surface area is 111 Å². The summed E-state index contributed by atoms with van der Waals surface area (Å²) >= 11 is 0. The molecule has 19 heavy (non-hydrogen) atoms. The van der Waals surface area contributed by atoms with E-state index in [-0.39, 0.29) is 6.29 Å². The first-order chi connectivity index (χ1) is 8.53. The van der Waals surface area contributed by atoms with Gasteiger partial charge in [0.05, 0.1) is 0 Å². The van der Waals surface area contributed by atoms with Gasteiger partial charge in [-0.3, -0.25) is 4.79 Å². The van der Waals surface area contributed by atoms with Crippen molar-refractivity contribution in [3.05, 3.63) is 0 Å². The van der Waals surface area contributed by atoms with Gasteiger partial charge in [0.15, 0.2) is 6.29 Å². The third-order valence-corrected chi connectivity index (χ3v) is 2.13. The number of ether oxygens (including phenoxy) is 2. The van der Waals surface area contributed by atoms with Crippen LogP contribution in [0.4, 0.5) is 0 Å². The fraction of sp³-hybridized carbons (Fsp3) is 0.750. The molecule has 0 aromatic heterocycles. The van der Waals surface area contributed by atoms with Gasteiger partial charge in [-0.05, 0) is 6.92 Å². The van der Waals surface area contributed by atoms with Gasteiger partial charge in [-0.15, -0.1) is 4.76 Å². The molecule has 0 amide bonds. The van der Waals surface area contributed by atoms with Gasteiger partial charge < -0.3 is 35.0 Å². The molecule has 0 aliphatic carbocycles. The zero-order valence-electron chi connectivity index (χ0n) is 11.2. The second-order valence-corrected chi connectivity index (χ2v) is 4.49. The monoisotopic (exact) mass is 301 g/mol. The van der Waals surface area contributed by atoms with E-state index in [4.69, 9.17) is 20.6 Å². The minimum absolute atomic E-state index is 0.0648. The molecule has 5 N–H and O–H groups in total. The molecule has 11 heteroatoms. The number of guanidine groups is 1. The Morgan fingerprint density at radius 2 is 1.84 bits per heavy atom. The first kappa shape index (κ1) is 20.1. The number of nitrogens with zero attached hydrogens (tertiary/aromatic N) is 2. The lowest BCUT2D eigenvalue weighted by Gasteiger charge is -2.14. The van der Waals surface area contributed by atoms with Crippen molar-refractivity contribution in [3.63, 3.8) is 0 Å². The molecule has 0 fully saturated rings. The summed E-state index contributed by atoms with van der Waals surface area (Å²) in [7, 11) is -0.128. The highest BCUT2D eigenvalue weighted by Gasteiger charge is 2.14. The molecular formula is C8H20N3O7P. The normalized spacial score (nSPS) is 11.8. The number of carboxylic acids is 1. The minimum Gasteiger partial charge on any atom is -0.480 e. The van der Waals surface area contributed by atoms with E-state index >= 15 is 0 Å². The molecular weight excluding hydrogens is 281 g/mol. The summed E-state index contributed by atoms with van der Waals surface area (Å²) in [4.78, 5) is 27.7. The maximum Gasteiger partial charge on any atom is 0.451 e. The lowest BCUT2D eigenvalue weighted by molar-refractivity contribution is -0.137. The predicted octanol–water partition coefficient (Wildman–Crippen LogP) is -0.965. The van der Waals surface area contributed by atoms with Crippen molar-refractivity contribution in [1.82, 2.24) is 4.90 Å². The molecule has 0 spiro atoms. The molecule has 0 aliphatic rings. The van der Waals surface area contributed by atoms with Crippen LogP contribution in [-0.4, -0.2) is 65.8 Å². The summed E-state index contributed by atoms with van der Waals surface area (Å²) in [5.74, 6) is -1.69. The molecule has 10 nitrogen and oxygen atoms in total. The highest BCUT2D eigenvalue weighted by atomic mass is 31.2. The van der Waals surface area contributed by atoms with E-state index in [9.17, 15) is 9.36 Å². The van der Waals surface area contributed by atoms with E-state index in [1.165, 1.54) is 7.05 Å². The van der Waals surface area contributed by atoms with E-state index < -0.39 is 26.2 Å². The SMILES string of the molecule is CN(CC(=O)O)C(N)=NP(=O)(O)O.COC(C)OC. The Kier molecular flexibility index (Phi) is 10.3. The van der Waals surface area contributed by atoms with E-state index in [1.807, 2.05) is 6.92 Å². The van der Waals surface area contributed by atoms with Gasteiger partial charge >= 0.3 is 13.7 Å². The van der Waals surface area contributed by atoms with Gasteiger partial charge in [0.25, 0.3) is 0 Å². The topological polar surface area (TPSA) is 155 Å². The molecule has 0 rings (SSSR count). The van der Waals surface area contributed by atoms with Crippen molar-refractivity contribution in [2.75, 3.05) is 27.8 Å². The highest BCUT2D eigenvalue weighted by molar-refractivity contribution is 7.50. The van der Waals surface area contributed by atoms with Gasteiger partial charge in [-0.2, -0.15) is 0 Å². The largest absolute Gasteiger partial charge is 0.480 e. The van der Waals surface area contributed by atoms with Gasteiger partial charge in [0, 0.05) is 21.3 Å². The highest BCUT2D eigenvalue weighted by Crippen LogP contribution is 2.35. The van der Waals surface area contributed by atoms with E-state index in [0.29, 0.717) is 0 Å². The first-order valence-electron chi connectivity index (χ1n) is 4.93. The van der Waals surface area contributed by atoms with Crippen LogP contribution in [-0.2, 0) is 18.8 Å². The van der Waals surface area contributed by atoms with Gasteiger partial charge in [0.1, 0.15) is 6.54 Å². The fourth-order valence-corrected chi connectivity index (χ4v) is 1.01. The lowest BCUT2D eigenvalue weighted by Crippen LogP contribution is -2.37. The molecule has 0 saturated carbocycles. The molecule has 0 saturated heterocycles. The molecule has 0 atom stereocenters. The number of likely N-dealkylation sites (N-methyl/N-ethyl adjacent to an activating group) is 1. The maximum atomic E-state index is 10.3. The lowest BCUT2D eigenvalue weighted by atomic mass is 10.6. The quantitative estimate of drug-likeness (QED) is 0.217. The Morgan fingerprint density at radius 3 is 2.05 bits per heavy atom. The minimum atomic E-state index is -4.59. The Hall–Kier alpha value is -1.19. The molecule has 0 aromatic rings. The van der Waals surface area contributed by atoms with Crippen LogP contribution >= 0.6 is 7.75 Å². The van der Waals surface area contributed by atoms with Crippen molar-refractivity contribution in [3.8, 4) is 0 Å². The standard InChI is InChI=1S/C4H10N3O5P.C4H10O2/c1-7(2-3(8)9)4(5)6-13(10,11)12;1-4(5-2)6-3/h2H2,1H3,(H,8,9)(H4,5,6,10,11,12);4H,1-3H3. The molecule has 0 bridgehead atoms. The maximum absolute atomic E-state index is 10.3. The van der Waals surface area contributed by atoms with Crippen LogP contribution in [0.3, 0.4) is 0 Å². The van der Waals surface area contributed by atoms with Crippen LogP contribution in [0.1, 0.15) is 6.92 Å². The number of rotatable bonds is 5. The number of aliphatic carboxylic acids is 1. The molecule has 0 radical (unpaired) electrons. The summed E-state index contributed by atoms with van der Waals surface area (Å²) in [5, 5.41) is 8.28. The van der Waals surface area contributed by atoms with Crippen LogP contribution in [0.2, 0.25) is 0 Å². The van der Waals surface area contributed by atoms with Gasteiger partial charge in [-0.1, -0.05) is 0 Å². The number of nitrogens with two attached hydrogens (primary N) is 1. The van der Waals surface area contributed by atoms with E-state index in [0.717, 1.165) is 4.90 Å². The molecule has 114 valence electrons. The number of methoxy groups -OCH3 is 2. The molecule has 0 aliphatic heterocycles. The second kappa shape index (κ2) is 9.70. The number of carboxylic acid groups (broad SMARTS) is 1. The number of carbonyl (C=O) groups is 1. The Balaban J connectivity index is 0. The summed E-state index contributed by atoms with van der Waals surface area (Å²) in [5.41, 5.74) is 5.07. The zero-order valence-corrected chi connectivity index (χ0v) is 12.1. The summed E-state index contributed by atoms with van der Waals surface area (Å²) in [6.45, 7) is 1.36. The van der Waals surface area contributed by atoms with E-state index in [1.54, 1.807) is 14.2 Å². The van der Waals surface area contributed by atoms with Crippen LogP contribution in [0, 0.1) is 0 Å². The fourth-order valence-electron chi connectivity index (χ4n) is 0.590. The smallest absolute Gasteiger partial charge is 0.451 e. The van der Waals surface area contributed by atoms with Gasteiger partial charge in [-0.25, -0.2) is 4.57 Å². The summed E-state index contributed by atoms with van der Waals surface area (Å²) in [6.07, 6.45) is -0.0648. The molecule has 0 unspecified atom stereocenters. The molecule has 0 heterocycles. The summed E-state index contributed by atoms with van der Waals surface area (Å²) in [6, 6.07) is 0. The van der Waals surface area contributed by atoms with Crippen molar-refractivity contribution in [2.45, 2.75) is 13.2 Å². The average Bonchev–Trinajstić information content (AvgIpc) is 2.25. The Morgan fingerprint density at radius 1 is 1.42 bits per heavy atom. The number of hydrogen-bond donors (Lipinski definition) is 4. The third kappa shape index (κ3) is 14.8.